The van der Waals surface area contributed by atoms with Gasteiger partial charge >= 0.3 is 0 Å². The second-order valence-electron chi connectivity index (χ2n) is 4.10. The van der Waals surface area contributed by atoms with Crippen LogP contribution in [-0.4, -0.2) is 20.8 Å². The number of anilines is 2. The molecule has 0 bridgehead atoms. The van der Waals surface area contributed by atoms with Crippen LogP contribution in [-0.2, 0) is 0 Å². The molecule has 5 nitrogen and oxygen atoms in total. The standard InChI is InChI=1S/C11H12BrN5/c12-7-2-1-3-9(6-7)17-10(13)15-11(16-17)14-8-4-5-8/h1-3,6,8H,4-5H2,(H3,13,14,15,16). The van der Waals surface area contributed by atoms with Crippen LogP contribution in [0.5, 0.6) is 0 Å². The van der Waals surface area contributed by atoms with Crippen molar-refractivity contribution in [2.45, 2.75) is 18.9 Å². The average molecular weight is 294 g/mol. The Morgan fingerprint density at radius 3 is 2.94 bits per heavy atom. The molecular formula is C11H12BrN5. The molecule has 1 fully saturated rings. The van der Waals surface area contributed by atoms with Crippen LogP contribution in [0, 0.1) is 0 Å². The van der Waals surface area contributed by atoms with Crippen LogP contribution in [0.4, 0.5) is 11.9 Å². The van der Waals surface area contributed by atoms with Crippen molar-refractivity contribution in [3.05, 3.63) is 28.7 Å². The largest absolute Gasteiger partial charge is 0.368 e. The molecule has 17 heavy (non-hydrogen) atoms. The molecule has 0 unspecified atom stereocenters. The Labute approximate surface area is 107 Å². The number of nitrogens with zero attached hydrogens (tertiary/aromatic N) is 3. The minimum Gasteiger partial charge on any atom is -0.368 e. The van der Waals surface area contributed by atoms with Crippen molar-refractivity contribution in [3.63, 3.8) is 0 Å². The van der Waals surface area contributed by atoms with Gasteiger partial charge in [0.1, 0.15) is 0 Å². The van der Waals surface area contributed by atoms with Gasteiger partial charge in [0, 0.05) is 10.5 Å². The molecule has 1 aromatic carbocycles. The monoisotopic (exact) mass is 293 g/mol. The van der Waals surface area contributed by atoms with Crippen molar-refractivity contribution in [1.29, 1.82) is 0 Å². The second-order valence-corrected chi connectivity index (χ2v) is 5.02. The van der Waals surface area contributed by atoms with Crippen molar-refractivity contribution in [1.82, 2.24) is 14.8 Å². The normalized spacial score (nSPS) is 14.9. The maximum Gasteiger partial charge on any atom is 0.244 e. The maximum atomic E-state index is 5.85. The Morgan fingerprint density at radius 1 is 1.41 bits per heavy atom. The summed E-state index contributed by atoms with van der Waals surface area (Å²) in [6.45, 7) is 0. The van der Waals surface area contributed by atoms with Crippen LogP contribution in [0.1, 0.15) is 12.8 Å². The number of nitrogen functional groups attached to an aromatic ring is 1. The number of nitrogens with one attached hydrogen (secondary N) is 1. The minimum atomic E-state index is 0.395. The third-order valence-electron chi connectivity index (χ3n) is 2.60. The maximum absolute atomic E-state index is 5.85. The van der Waals surface area contributed by atoms with Crippen LogP contribution in [0.15, 0.2) is 28.7 Å². The molecule has 1 heterocycles. The van der Waals surface area contributed by atoms with Crippen molar-refractivity contribution in [3.8, 4) is 5.69 Å². The molecule has 0 atom stereocenters. The summed E-state index contributed by atoms with van der Waals surface area (Å²) >= 11 is 3.42. The van der Waals surface area contributed by atoms with E-state index < -0.39 is 0 Å². The van der Waals surface area contributed by atoms with E-state index in [1.165, 1.54) is 12.8 Å². The zero-order valence-corrected chi connectivity index (χ0v) is 10.7. The first-order chi connectivity index (χ1) is 8.22. The minimum absolute atomic E-state index is 0.395. The zero-order chi connectivity index (χ0) is 11.8. The van der Waals surface area contributed by atoms with E-state index in [0.29, 0.717) is 17.9 Å². The van der Waals surface area contributed by atoms with Crippen molar-refractivity contribution in [2.75, 3.05) is 11.1 Å². The fourth-order valence-electron chi connectivity index (χ4n) is 1.59. The molecule has 88 valence electrons. The molecule has 1 saturated carbocycles. The first-order valence-corrected chi connectivity index (χ1v) is 6.27. The Hall–Kier alpha value is -1.56. The van der Waals surface area contributed by atoms with Gasteiger partial charge in [-0.2, -0.15) is 9.67 Å². The van der Waals surface area contributed by atoms with Gasteiger partial charge in [0.2, 0.25) is 11.9 Å². The molecule has 3 rings (SSSR count). The van der Waals surface area contributed by atoms with E-state index in [-0.39, 0.29) is 0 Å². The first-order valence-electron chi connectivity index (χ1n) is 5.47. The van der Waals surface area contributed by atoms with E-state index in [9.17, 15) is 0 Å². The van der Waals surface area contributed by atoms with Crippen LogP contribution in [0.3, 0.4) is 0 Å². The van der Waals surface area contributed by atoms with E-state index in [4.69, 9.17) is 5.73 Å². The fraction of sp³-hybridized carbons (Fsp3) is 0.273. The van der Waals surface area contributed by atoms with E-state index in [1.54, 1.807) is 4.68 Å². The highest BCUT2D eigenvalue weighted by Crippen LogP contribution is 2.24. The molecule has 2 aromatic rings. The van der Waals surface area contributed by atoms with Gasteiger partial charge in [-0.1, -0.05) is 22.0 Å². The van der Waals surface area contributed by atoms with Crippen LogP contribution >= 0.6 is 15.9 Å². The molecule has 1 aliphatic carbocycles. The third-order valence-corrected chi connectivity index (χ3v) is 3.09. The Kier molecular flexibility index (Phi) is 2.51. The average Bonchev–Trinajstić information content (AvgIpc) is 3.01. The summed E-state index contributed by atoms with van der Waals surface area (Å²) in [5, 5.41) is 7.58. The van der Waals surface area contributed by atoms with Crippen LogP contribution < -0.4 is 11.1 Å². The van der Waals surface area contributed by atoms with Gasteiger partial charge in [0.15, 0.2) is 0 Å². The smallest absolute Gasteiger partial charge is 0.244 e. The van der Waals surface area contributed by atoms with Crippen LogP contribution in [0.2, 0.25) is 0 Å². The molecule has 3 N–H and O–H groups in total. The SMILES string of the molecule is Nc1nc(NC2CC2)nn1-c1cccc(Br)c1. The number of hydrogen-bond donors (Lipinski definition) is 2. The summed E-state index contributed by atoms with van der Waals surface area (Å²) in [6, 6.07) is 8.31. The third kappa shape index (κ3) is 2.26. The van der Waals surface area contributed by atoms with Crippen molar-refractivity contribution in [2.24, 2.45) is 0 Å². The number of hydrogen-bond acceptors (Lipinski definition) is 4. The van der Waals surface area contributed by atoms with Gasteiger partial charge in [0.25, 0.3) is 0 Å². The van der Waals surface area contributed by atoms with E-state index in [2.05, 4.69) is 31.3 Å². The highest BCUT2D eigenvalue weighted by molar-refractivity contribution is 9.10. The topological polar surface area (TPSA) is 68.8 Å². The number of rotatable bonds is 3. The van der Waals surface area contributed by atoms with Crippen molar-refractivity contribution >= 4 is 27.8 Å². The number of benzene rings is 1. The summed E-state index contributed by atoms with van der Waals surface area (Å²) < 4.78 is 2.62. The lowest BCUT2D eigenvalue weighted by atomic mass is 10.3. The lowest BCUT2D eigenvalue weighted by Gasteiger charge is -2.02. The Bertz CT molecular complexity index is 547. The summed E-state index contributed by atoms with van der Waals surface area (Å²) in [7, 11) is 0. The molecule has 1 aromatic heterocycles. The number of aromatic nitrogens is 3. The Morgan fingerprint density at radius 2 is 2.24 bits per heavy atom. The summed E-state index contributed by atoms with van der Waals surface area (Å²) in [6.07, 6.45) is 2.37. The second kappa shape index (κ2) is 4.03. The molecular weight excluding hydrogens is 282 g/mol. The Balaban J connectivity index is 1.93. The van der Waals surface area contributed by atoms with Gasteiger partial charge in [-0.25, -0.2) is 0 Å². The molecule has 0 aliphatic heterocycles. The highest BCUT2D eigenvalue weighted by Gasteiger charge is 2.23. The van der Waals surface area contributed by atoms with E-state index >= 15 is 0 Å². The van der Waals surface area contributed by atoms with Gasteiger partial charge in [-0.15, -0.1) is 5.10 Å². The van der Waals surface area contributed by atoms with E-state index in [1.807, 2.05) is 24.3 Å². The molecule has 6 heteroatoms. The predicted molar refractivity (Wildman–Crippen MR) is 70.1 cm³/mol. The molecule has 0 radical (unpaired) electrons. The fourth-order valence-corrected chi connectivity index (χ4v) is 1.98. The predicted octanol–water partition coefficient (Wildman–Crippen LogP) is 2.19. The van der Waals surface area contributed by atoms with Gasteiger partial charge in [0.05, 0.1) is 5.69 Å². The van der Waals surface area contributed by atoms with Gasteiger partial charge in [-0.3, -0.25) is 0 Å². The summed E-state index contributed by atoms with van der Waals surface area (Å²) in [5.41, 5.74) is 6.75. The van der Waals surface area contributed by atoms with Crippen LogP contribution in [0.25, 0.3) is 5.69 Å². The van der Waals surface area contributed by atoms with E-state index in [0.717, 1.165) is 10.2 Å². The lowest BCUT2D eigenvalue weighted by Crippen LogP contribution is -2.04. The van der Waals surface area contributed by atoms with Crippen molar-refractivity contribution < 1.29 is 0 Å². The first kappa shape index (κ1) is 10.6. The number of halogens is 1. The quantitative estimate of drug-likeness (QED) is 0.910. The van der Waals surface area contributed by atoms with Gasteiger partial charge < -0.3 is 11.1 Å². The zero-order valence-electron chi connectivity index (χ0n) is 9.10. The van der Waals surface area contributed by atoms with Gasteiger partial charge in [-0.05, 0) is 31.0 Å². The number of nitrogens with two attached hydrogens (primary N) is 1. The summed E-state index contributed by atoms with van der Waals surface area (Å²) in [4.78, 5) is 4.20. The molecule has 1 aliphatic rings. The molecule has 0 spiro atoms. The molecule has 0 amide bonds. The lowest BCUT2D eigenvalue weighted by molar-refractivity contribution is 0.886. The summed E-state index contributed by atoms with van der Waals surface area (Å²) in [5.74, 6) is 0.997. The molecule has 0 saturated heterocycles. The highest BCUT2D eigenvalue weighted by atomic mass is 79.9.